The summed E-state index contributed by atoms with van der Waals surface area (Å²) < 4.78 is 1.85. The highest BCUT2D eigenvalue weighted by Gasteiger charge is 2.12. The summed E-state index contributed by atoms with van der Waals surface area (Å²) in [6.45, 7) is 3.98. The molecule has 0 aliphatic heterocycles. The fourth-order valence-corrected chi connectivity index (χ4v) is 1.60. The van der Waals surface area contributed by atoms with E-state index in [2.05, 4.69) is 20.6 Å². The van der Waals surface area contributed by atoms with E-state index in [-0.39, 0.29) is 0 Å². The molecule has 5 nitrogen and oxygen atoms in total. The van der Waals surface area contributed by atoms with Crippen LogP contribution in [0.5, 0.6) is 0 Å². The van der Waals surface area contributed by atoms with Gasteiger partial charge >= 0.3 is 0 Å². The highest BCUT2D eigenvalue weighted by Crippen LogP contribution is 2.23. The van der Waals surface area contributed by atoms with Crippen molar-refractivity contribution in [2.45, 2.75) is 13.8 Å². The molecule has 2 aromatic rings. The Bertz CT molecular complexity index is 485. The minimum Gasteiger partial charge on any atom is -0.370 e. The van der Waals surface area contributed by atoms with Crippen LogP contribution in [0.15, 0.2) is 0 Å². The first-order valence-electron chi connectivity index (χ1n) is 4.49. The third kappa shape index (κ3) is 1.05. The van der Waals surface area contributed by atoms with Gasteiger partial charge in [0, 0.05) is 25.2 Å². The maximum atomic E-state index is 4.40. The van der Waals surface area contributed by atoms with Crippen LogP contribution in [0, 0.1) is 13.8 Å². The molecule has 0 aliphatic rings. The molecule has 2 aromatic heterocycles. The van der Waals surface area contributed by atoms with Crippen molar-refractivity contribution < 1.29 is 0 Å². The predicted molar refractivity (Wildman–Crippen MR) is 55.3 cm³/mol. The minimum absolute atomic E-state index is 0.731. The fraction of sp³-hybridized carbons (Fsp3) is 0.444. The summed E-state index contributed by atoms with van der Waals surface area (Å²) in [7, 11) is 3.75. The Balaban J connectivity index is 2.91. The summed E-state index contributed by atoms with van der Waals surface area (Å²) in [5, 5.41) is 16.6. The van der Waals surface area contributed by atoms with Gasteiger partial charge in [0.05, 0.1) is 5.69 Å². The van der Waals surface area contributed by atoms with Crippen molar-refractivity contribution in [3.63, 3.8) is 0 Å². The topological polar surface area (TPSA) is 55.6 Å². The lowest BCUT2D eigenvalue weighted by atomic mass is 10.2. The van der Waals surface area contributed by atoms with Crippen molar-refractivity contribution in [2.75, 3.05) is 12.4 Å². The molecule has 5 heteroatoms. The van der Waals surface area contributed by atoms with E-state index >= 15 is 0 Å². The predicted octanol–water partition coefficient (Wildman–Crippen LogP) is 1.02. The number of rotatable bonds is 1. The van der Waals surface area contributed by atoms with Gasteiger partial charge in [0.2, 0.25) is 0 Å². The van der Waals surface area contributed by atoms with Crippen molar-refractivity contribution in [1.29, 1.82) is 0 Å². The van der Waals surface area contributed by atoms with E-state index in [4.69, 9.17) is 0 Å². The minimum atomic E-state index is 0.731. The maximum absolute atomic E-state index is 4.40. The summed E-state index contributed by atoms with van der Waals surface area (Å²) in [6.07, 6.45) is 0. The van der Waals surface area contributed by atoms with Crippen molar-refractivity contribution in [1.82, 2.24) is 20.0 Å². The number of aryl methyl sites for hydroxylation is 3. The highest BCUT2D eigenvalue weighted by atomic mass is 15.3. The third-order valence-electron chi connectivity index (χ3n) is 2.46. The van der Waals surface area contributed by atoms with Crippen LogP contribution in [-0.2, 0) is 7.05 Å². The molecule has 0 bridgehead atoms. The summed E-state index contributed by atoms with van der Waals surface area (Å²) in [6, 6.07) is 0. The zero-order valence-electron chi connectivity index (χ0n) is 8.79. The second-order valence-electron chi connectivity index (χ2n) is 3.32. The standard InChI is InChI=1S/C9H13N5/c1-5-7-6(2)14(4)13-8(7)9(10-3)12-11-5/h1-4H3,(H,10,12). The van der Waals surface area contributed by atoms with Crippen LogP contribution in [0.2, 0.25) is 0 Å². The summed E-state index contributed by atoms with van der Waals surface area (Å²) >= 11 is 0. The number of aromatic nitrogens is 4. The average Bonchev–Trinajstić information content (AvgIpc) is 2.45. The van der Waals surface area contributed by atoms with E-state index in [1.165, 1.54) is 0 Å². The van der Waals surface area contributed by atoms with Crippen molar-refractivity contribution >= 4 is 16.7 Å². The van der Waals surface area contributed by atoms with Gasteiger partial charge in [0.1, 0.15) is 5.52 Å². The first-order valence-corrected chi connectivity index (χ1v) is 4.49. The van der Waals surface area contributed by atoms with Gasteiger partial charge in [-0.15, -0.1) is 5.10 Å². The number of hydrogen-bond acceptors (Lipinski definition) is 4. The SMILES string of the molecule is CNc1nnc(C)c2c(C)n(C)nc12. The number of hydrogen-bond donors (Lipinski definition) is 1. The Morgan fingerprint density at radius 1 is 1.21 bits per heavy atom. The Kier molecular flexibility index (Phi) is 1.87. The van der Waals surface area contributed by atoms with E-state index in [0.717, 1.165) is 28.1 Å². The fourth-order valence-electron chi connectivity index (χ4n) is 1.60. The lowest BCUT2D eigenvalue weighted by molar-refractivity contribution is 0.751. The van der Waals surface area contributed by atoms with Crippen molar-refractivity contribution in [3.05, 3.63) is 11.4 Å². The summed E-state index contributed by atoms with van der Waals surface area (Å²) in [5.41, 5.74) is 2.92. The van der Waals surface area contributed by atoms with Gasteiger partial charge in [0.15, 0.2) is 5.82 Å². The van der Waals surface area contributed by atoms with Crippen LogP contribution in [0.1, 0.15) is 11.4 Å². The molecular weight excluding hydrogens is 178 g/mol. The number of nitrogens with zero attached hydrogens (tertiary/aromatic N) is 4. The quantitative estimate of drug-likeness (QED) is 0.731. The number of fused-ring (bicyclic) bond motifs is 1. The Morgan fingerprint density at radius 3 is 2.57 bits per heavy atom. The molecule has 1 N–H and O–H groups in total. The Hall–Kier alpha value is -1.65. The largest absolute Gasteiger partial charge is 0.370 e. The molecule has 0 saturated carbocycles. The average molecular weight is 191 g/mol. The van der Waals surface area contributed by atoms with E-state index in [9.17, 15) is 0 Å². The van der Waals surface area contributed by atoms with Crippen LogP contribution in [0.4, 0.5) is 5.82 Å². The molecule has 14 heavy (non-hydrogen) atoms. The van der Waals surface area contributed by atoms with Crippen LogP contribution >= 0.6 is 0 Å². The molecule has 0 fully saturated rings. The van der Waals surface area contributed by atoms with E-state index in [0.29, 0.717) is 0 Å². The van der Waals surface area contributed by atoms with Crippen LogP contribution in [0.3, 0.4) is 0 Å². The van der Waals surface area contributed by atoms with Gasteiger partial charge in [-0.2, -0.15) is 10.2 Å². The van der Waals surface area contributed by atoms with Gasteiger partial charge in [-0.25, -0.2) is 0 Å². The van der Waals surface area contributed by atoms with Crippen molar-refractivity contribution in [3.8, 4) is 0 Å². The van der Waals surface area contributed by atoms with Crippen molar-refractivity contribution in [2.24, 2.45) is 7.05 Å². The van der Waals surface area contributed by atoms with Crippen LogP contribution < -0.4 is 5.32 Å². The first kappa shape index (κ1) is 8.93. The molecule has 2 rings (SSSR count). The second kappa shape index (κ2) is 2.94. The van der Waals surface area contributed by atoms with Gasteiger partial charge in [-0.05, 0) is 13.8 Å². The summed E-state index contributed by atoms with van der Waals surface area (Å²) in [5.74, 6) is 0.731. The Morgan fingerprint density at radius 2 is 1.93 bits per heavy atom. The third-order valence-corrected chi connectivity index (χ3v) is 2.46. The second-order valence-corrected chi connectivity index (χ2v) is 3.32. The van der Waals surface area contributed by atoms with Gasteiger partial charge in [-0.3, -0.25) is 4.68 Å². The van der Waals surface area contributed by atoms with Gasteiger partial charge < -0.3 is 5.32 Å². The monoisotopic (exact) mass is 191 g/mol. The molecule has 2 heterocycles. The molecule has 0 aliphatic carbocycles. The number of anilines is 1. The van der Waals surface area contributed by atoms with Gasteiger partial charge in [-0.1, -0.05) is 0 Å². The van der Waals surface area contributed by atoms with Crippen LogP contribution in [-0.4, -0.2) is 27.0 Å². The zero-order valence-corrected chi connectivity index (χ0v) is 8.79. The Labute approximate surface area is 82.1 Å². The molecule has 0 spiro atoms. The molecular formula is C9H13N5. The number of nitrogens with one attached hydrogen (secondary N) is 1. The smallest absolute Gasteiger partial charge is 0.176 e. The lowest BCUT2D eigenvalue weighted by Crippen LogP contribution is -1.97. The van der Waals surface area contributed by atoms with E-state index in [1.54, 1.807) is 0 Å². The maximum Gasteiger partial charge on any atom is 0.176 e. The van der Waals surface area contributed by atoms with Crippen LogP contribution in [0.25, 0.3) is 10.9 Å². The highest BCUT2D eigenvalue weighted by molar-refractivity contribution is 5.91. The molecule has 0 radical (unpaired) electrons. The molecule has 0 atom stereocenters. The normalized spacial score (nSPS) is 10.9. The summed E-state index contributed by atoms with van der Waals surface area (Å²) in [4.78, 5) is 0. The first-order chi connectivity index (χ1) is 6.65. The molecule has 0 saturated heterocycles. The van der Waals surface area contributed by atoms with E-state index in [1.807, 2.05) is 32.6 Å². The zero-order chi connectivity index (χ0) is 10.3. The molecule has 0 aromatic carbocycles. The molecule has 0 unspecified atom stereocenters. The lowest BCUT2D eigenvalue weighted by Gasteiger charge is -2.00. The molecule has 74 valence electrons. The van der Waals surface area contributed by atoms with Gasteiger partial charge in [0.25, 0.3) is 0 Å². The van der Waals surface area contributed by atoms with E-state index < -0.39 is 0 Å². The molecule has 0 amide bonds.